The van der Waals surface area contributed by atoms with Gasteiger partial charge in [-0.15, -0.1) is 11.8 Å². The Kier molecular flexibility index (Phi) is 5.73. The van der Waals surface area contributed by atoms with Gasteiger partial charge in [0, 0.05) is 23.7 Å². The first-order chi connectivity index (χ1) is 10.3. The first-order valence-electron chi connectivity index (χ1n) is 7.70. The molecule has 5 heteroatoms. The van der Waals surface area contributed by atoms with Crippen molar-refractivity contribution in [1.82, 2.24) is 4.90 Å². The molecule has 0 saturated carbocycles. The van der Waals surface area contributed by atoms with Crippen LogP contribution < -0.4 is 0 Å². The molecular formula is C17H24FNO2S. The average Bonchev–Trinajstić information content (AvgIpc) is 2.45. The van der Waals surface area contributed by atoms with E-state index in [1.807, 2.05) is 32.9 Å². The molecule has 0 N–H and O–H groups in total. The zero-order chi connectivity index (χ0) is 16.2. The van der Waals surface area contributed by atoms with Gasteiger partial charge >= 0.3 is 6.09 Å². The van der Waals surface area contributed by atoms with E-state index < -0.39 is 5.60 Å². The normalized spacial score (nSPS) is 16.6. The second-order valence-electron chi connectivity index (χ2n) is 6.68. The molecule has 0 spiro atoms. The third-order valence-corrected chi connectivity index (χ3v) is 4.81. The Balaban J connectivity index is 1.73. The summed E-state index contributed by atoms with van der Waals surface area (Å²) in [6, 6.07) is 6.62. The number of halogens is 1. The van der Waals surface area contributed by atoms with Gasteiger partial charge in [-0.05, 0) is 63.8 Å². The molecule has 2 rings (SSSR count). The molecule has 1 aromatic carbocycles. The summed E-state index contributed by atoms with van der Waals surface area (Å²) < 4.78 is 18.3. The van der Waals surface area contributed by atoms with Crippen molar-refractivity contribution in [3.63, 3.8) is 0 Å². The van der Waals surface area contributed by atoms with E-state index in [0.717, 1.165) is 36.6 Å². The van der Waals surface area contributed by atoms with Crippen LogP contribution in [0.4, 0.5) is 9.18 Å². The minimum atomic E-state index is -0.438. The molecule has 0 aromatic heterocycles. The van der Waals surface area contributed by atoms with Crippen LogP contribution in [-0.2, 0) is 4.74 Å². The fourth-order valence-corrected chi connectivity index (χ4v) is 3.44. The van der Waals surface area contributed by atoms with Gasteiger partial charge in [-0.1, -0.05) is 0 Å². The van der Waals surface area contributed by atoms with Crippen LogP contribution in [0, 0.1) is 11.7 Å². The first kappa shape index (κ1) is 17.1. The van der Waals surface area contributed by atoms with Crippen molar-refractivity contribution in [3.05, 3.63) is 30.1 Å². The van der Waals surface area contributed by atoms with Crippen molar-refractivity contribution < 1.29 is 13.9 Å². The Bertz CT molecular complexity index is 490. The Morgan fingerprint density at radius 2 is 1.86 bits per heavy atom. The van der Waals surface area contributed by atoms with Crippen molar-refractivity contribution in [2.75, 3.05) is 18.8 Å². The van der Waals surface area contributed by atoms with Crippen LogP contribution >= 0.6 is 11.8 Å². The number of hydrogen-bond donors (Lipinski definition) is 0. The largest absolute Gasteiger partial charge is 0.444 e. The van der Waals surface area contributed by atoms with E-state index in [4.69, 9.17) is 4.74 Å². The highest BCUT2D eigenvalue weighted by molar-refractivity contribution is 7.99. The number of amides is 1. The molecule has 1 amide bonds. The van der Waals surface area contributed by atoms with E-state index in [0.29, 0.717) is 5.92 Å². The van der Waals surface area contributed by atoms with Gasteiger partial charge in [0.2, 0.25) is 0 Å². The summed E-state index contributed by atoms with van der Waals surface area (Å²) in [6.07, 6.45) is 1.78. The van der Waals surface area contributed by atoms with E-state index in [2.05, 4.69) is 0 Å². The quantitative estimate of drug-likeness (QED) is 0.763. The molecule has 1 aliphatic rings. The lowest BCUT2D eigenvalue weighted by Gasteiger charge is -2.33. The summed E-state index contributed by atoms with van der Waals surface area (Å²) >= 11 is 1.75. The number of rotatable bonds is 3. The second-order valence-corrected chi connectivity index (χ2v) is 7.77. The van der Waals surface area contributed by atoms with Crippen molar-refractivity contribution in [1.29, 1.82) is 0 Å². The smallest absolute Gasteiger partial charge is 0.410 e. The van der Waals surface area contributed by atoms with Gasteiger partial charge in [0.1, 0.15) is 11.4 Å². The van der Waals surface area contributed by atoms with Crippen LogP contribution in [0.5, 0.6) is 0 Å². The summed E-state index contributed by atoms with van der Waals surface area (Å²) in [6.45, 7) is 7.16. The summed E-state index contributed by atoms with van der Waals surface area (Å²) in [7, 11) is 0. The second kappa shape index (κ2) is 7.36. The monoisotopic (exact) mass is 325 g/mol. The van der Waals surface area contributed by atoms with Crippen molar-refractivity contribution >= 4 is 17.9 Å². The number of nitrogens with zero attached hydrogens (tertiary/aromatic N) is 1. The number of thioether (sulfide) groups is 1. The van der Waals surface area contributed by atoms with Crippen molar-refractivity contribution in [2.45, 2.75) is 44.1 Å². The molecular weight excluding hydrogens is 301 g/mol. The van der Waals surface area contributed by atoms with Gasteiger partial charge in [0.05, 0.1) is 0 Å². The van der Waals surface area contributed by atoms with Crippen LogP contribution in [0.15, 0.2) is 29.2 Å². The molecule has 0 bridgehead atoms. The number of benzene rings is 1. The molecule has 0 atom stereocenters. The molecule has 0 radical (unpaired) electrons. The highest BCUT2D eigenvalue weighted by Crippen LogP contribution is 2.27. The Morgan fingerprint density at radius 3 is 2.41 bits per heavy atom. The highest BCUT2D eigenvalue weighted by atomic mass is 32.2. The molecule has 0 aliphatic carbocycles. The average molecular weight is 325 g/mol. The molecule has 122 valence electrons. The lowest BCUT2D eigenvalue weighted by atomic mass is 9.99. The van der Waals surface area contributed by atoms with E-state index in [1.165, 1.54) is 12.1 Å². The fraction of sp³-hybridized carbons (Fsp3) is 0.588. The lowest BCUT2D eigenvalue weighted by Crippen LogP contribution is -2.42. The third-order valence-electron chi connectivity index (χ3n) is 3.57. The molecule has 1 fully saturated rings. The maximum atomic E-state index is 12.9. The maximum Gasteiger partial charge on any atom is 0.410 e. The van der Waals surface area contributed by atoms with Gasteiger partial charge < -0.3 is 9.64 Å². The Morgan fingerprint density at radius 1 is 1.27 bits per heavy atom. The number of piperidine rings is 1. The number of ether oxygens (including phenoxy) is 1. The highest BCUT2D eigenvalue weighted by Gasteiger charge is 2.26. The maximum absolute atomic E-state index is 12.9. The van der Waals surface area contributed by atoms with Crippen LogP contribution in [0.3, 0.4) is 0 Å². The first-order valence-corrected chi connectivity index (χ1v) is 8.68. The molecule has 0 unspecified atom stereocenters. The summed E-state index contributed by atoms with van der Waals surface area (Å²) in [5, 5.41) is 0. The van der Waals surface area contributed by atoms with Crippen LogP contribution in [-0.4, -0.2) is 35.4 Å². The van der Waals surface area contributed by atoms with Crippen LogP contribution in [0.25, 0.3) is 0 Å². The molecule has 3 nitrogen and oxygen atoms in total. The number of carbonyl (C=O) groups is 1. The third kappa shape index (κ3) is 5.52. The number of carbonyl (C=O) groups excluding carboxylic acids is 1. The summed E-state index contributed by atoms with van der Waals surface area (Å²) in [5.41, 5.74) is -0.438. The predicted octanol–water partition coefficient (Wildman–Crippen LogP) is 4.56. The van der Waals surface area contributed by atoms with E-state index in [-0.39, 0.29) is 11.9 Å². The molecule has 1 heterocycles. The topological polar surface area (TPSA) is 29.5 Å². The van der Waals surface area contributed by atoms with Crippen LogP contribution in [0.1, 0.15) is 33.6 Å². The number of likely N-dealkylation sites (tertiary alicyclic amines) is 1. The fourth-order valence-electron chi connectivity index (χ4n) is 2.35. The minimum Gasteiger partial charge on any atom is -0.444 e. The number of hydrogen-bond acceptors (Lipinski definition) is 3. The molecule has 1 aliphatic heterocycles. The van der Waals surface area contributed by atoms with Gasteiger partial charge in [-0.3, -0.25) is 0 Å². The Hall–Kier alpha value is -1.23. The predicted molar refractivity (Wildman–Crippen MR) is 87.7 cm³/mol. The standard InChI is InChI=1S/C17H24FNO2S/c1-17(2,3)21-16(20)19-10-8-13(9-11-19)12-22-15-6-4-14(18)5-7-15/h4-7,13H,8-12H2,1-3H3. The van der Waals surface area contributed by atoms with E-state index >= 15 is 0 Å². The zero-order valence-corrected chi connectivity index (χ0v) is 14.3. The van der Waals surface area contributed by atoms with E-state index in [1.54, 1.807) is 16.7 Å². The van der Waals surface area contributed by atoms with E-state index in [9.17, 15) is 9.18 Å². The van der Waals surface area contributed by atoms with Gasteiger partial charge in [-0.25, -0.2) is 9.18 Å². The zero-order valence-electron chi connectivity index (χ0n) is 13.5. The van der Waals surface area contributed by atoms with Crippen molar-refractivity contribution in [3.8, 4) is 0 Å². The van der Waals surface area contributed by atoms with Crippen LogP contribution in [0.2, 0.25) is 0 Å². The molecule has 22 heavy (non-hydrogen) atoms. The summed E-state index contributed by atoms with van der Waals surface area (Å²) in [5.74, 6) is 1.40. The summed E-state index contributed by atoms with van der Waals surface area (Å²) in [4.78, 5) is 14.9. The lowest BCUT2D eigenvalue weighted by molar-refractivity contribution is 0.0191. The minimum absolute atomic E-state index is 0.199. The molecule has 1 saturated heterocycles. The van der Waals surface area contributed by atoms with Crippen molar-refractivity contribution in [2.24, 2.45) is 5.92 Å². The SMILES string of the molecule is CC(C)(C)OC(=O)N1CCC(CSc2ccc(F)cc2)CC1. The Labute approximate surface area is 136 Å². The van der Waals surface area contributed by atoms with Gasteiger partial charge in [0.15, 0.2) is 0 Å². The van der Waals surface area contributed by atoms with Gasteiger partial charge in [-0.2, -0.15) is 0 Å². The molecule has 1 aromatic rings. The van der Waals surface area contributed by atoms with Gasteiger partial charge in [0.25, 0.3) is 0 Å².